The highest BCUT2D eigenvalue weighted by Gasteiger charge is 2.08. The lowest BCUT2D eigenvalue weighted by Crippen LogP contribution is -1.93. The van der Waals surface area contributed by atoms with E-state index < -0.39 is 0 Å². The molecule has 2 aromatic rings. The molecule has 1 unspecified atom stereocenters. The Labute approximate surface area is 164 Å². The number of hydrogen-bond donors (Lipinski definition) is 0. The van der Waals surface area contributed by atoms with Crippen LogP contribution >= 0.6 is 11.8 Å². The lowest BCUT2D eigenvalue weighted by atomic mass is 10.1. The molecule has 0 fully saturated rings. The van der Waals surface area contributed by atoms with Crippen molar-refractivity contribution in [2.24, 2.45) is 0 Å². The fourth-order valence-corrected chi connectivity index (χ4v) is 4.05. The molecule has 0 heterocycles. The minimum Gasteiger partial charge on any atom is -0.141 e. The van der Waals surface area contributed by atoms with Gasteiger partial charge in [0, 0.05) is 5.56 Å². The minimum atomic E-state index is 0.265. The first-order chi connectivity index (χ1) is 12.9. The number of thioether (sulfide) groups is 1. The third-order valence-electron chi connectivity index (χ3n) is 4.51. The number of benzene rings is 2. The predicted octanol–water partition coefficient (Wildman–Crippen LogP) is 7.65. The van der Waals surface area contributed by atoms with E-state index >= 15 is 0 Å². The van der Waals surface area contributed by atoms with Crippen LogP contribution in [0.15, 0.2) is 60.7 Å². The minimum absolute atomic E-state index is 0.265. The maximum atomic E-state index is 3.49. The summed E-state index contributed by atoms with van der Waals surface area (Å²) in [6, 6.07) is 21.0. The Morgan fingerprint density at radius 3 is 1.96 bits per heavy atom. The zero-order valence-electron chi connectivity index (χ0n) is 16.1. The van der Waals surface area contributed by atoms with Crippen molar-refractivity contribution in [2.75, 3.05) is 5.75 Å². The highest BCUT2D eigenvalue weighted by Crippen LogP contribution is 2.29. The molecule has 0 aliphatic carbocycles. The second kappa shape index (κ2) is 13.5. The third-order valence-corrected chi connectivity index (χ3v) is 5.75. The Morgan fingerprint density at radius 2 is 1.31 bits per heavy atom. The number of unbranched alkanes of at least 4 members (excludes halogenated alkanes) is 7. The van der Waals surface area contributed by atoms with Crippen LogP contribution in [0.2, 0.25) is 0 Å². The van der Waals surface area contributed by atoms with Crippen LogP contribution in [-0.2, 0) is 0 Å². The molecule has 2 aromatic carbocycles. The van der Waals surface area contributed by atoms with Crippen molar-refractivity contribution in [3.63, 3.8) is 0 Å². The molecule has 0 aromatic heterocycles. The van der Waals surface area contributed by atoms with Crippen molar-refractivity contribution >= 4 is 11.8 Å². The van der Waals surface area contributed by atoms with Crippen molar-refractivity contribution < 1.29 is 0 Å². The van der Waals surface area contributed by atoms with E-state index in [1.807, 2.05) is 17.8 Å². The predicted molar refractivity (Wildman–Crippen MR) is 118 cm³/mol. The zero-order chi connectivity index (χ0) is 18.3. The van der Waals surface area contributed by atoms with Gasteiger partial charge in [0.1, 0.15) is 0 Å². The van der Waals surface area contributed by atoms with Gasteiger partial charge in [0.15, 0.2) is 0 Å². The zero-order valence-corrected chi connectivity index (χ0v) is 16.9. The molecule has 0 radical (unpaired) electrons. The van der Waals surface area contributed by atoms with Gasteiger partial charge in [-0.25, -0.2) is 0 Å². The van der Waals surface area contributed by atoms with Crippen LogP contribution in [-0.4, -0.2) is 5.75 Å². The lowest BCUT2D eigenvalue weighted by Gasteiger charge is -2.11. The highest BCUT2D eigenvalue weighted by molar-refractivity contribution is 7.99. The molecule has 1 atom stereocenters. The first kappa shape index (κ1) is 20.7. The maximum absolute atomic E-state index is 3.49. The van der Waals surface area contributed by atoms with Crippen LogP contribution in [0.4, 0.5) is 0 Å². The van der Waals surface area contributed by atoms with Crippen LogP contribution < -0.4 is 0 Å². The quantitative estimate of drug-likeness (QED) is 0.291. The van der Waals surface area contributed by atoms with E-state index in [2.05, 4.69) is 73.4 Å². The number of rotatable bonds is 11. The molecule has 0 saturated carbocycles. The molecule has 0 spiro atoms. The molecule has 0 nitrogen and oxygen atoms in total. The molecule has 0 bridgehead atoms. The first-order valence-electron chi connectivity index (χ1n) is 10.1. The van der Waals surface area contributed by atoms with E-state index in [1.165, 1.54) is 62.7 Å². The monoisotopic (exact) mass is 364 g/mol. The van der Waals surface area contributed by atoms with Crippen molar-refractivity contribution in [3.8, 4) is 11.8 Å². The van der Waals surface area contributed by atoms with Gasteiger partial charge in [0.05, 0.1) is 5.25 Å². The average molecular weight is 365 g/mol. The largest absolute Gasteiger partial charge is 0.141 e. The summed E-state index contributed by atoms with van der Waals surface area (Å²) in [5, 5.41) is 0.265. The standard InChI is InChI=1S/C25H32S/c1-2-3-4-5-6-7-8-15-22-26-25(24-18-13-10-14-19-24)21-20-23-16-11-9-12-17-23/h9-14,16-19,25H,2-8,15,22H2,1H3. The molecule has 0 saturated heterocycles. The third kappa shape index (κ3) is 8.63. The van der Waals surface area contributed by atoms with Crippen molar-refractivity contribution in [1.29, 1.82) is 0 Å². The van der Waals surface area contributed by atoms with Crippen LogP contribution in [0.25, 0.3) is 0 Å². The summed E-state index contributed by atoms with van der Waals surface area (Å²) in [6.45, 7) is 2.28. The molecule has 26 heavy (non-hydrogen) atoms. The van der Waals surface area contributed by atoms with Gasteiger partial charge in [-0.2, -0.15) is 0 Å². The Balaban J connectivity index is 1.78. The topological polar surface area (TPSA) is 0 Å². The first-order valence-corrected chi connectivity index (χ1v) is 11.2. The van der Waals surface area contributed by atoms with Crippen molar-refractivity contribution in [2.45, 2.75) is 63.5 Å². The summed E-state index contributed by atoms with van der Waals surface area (Å²) in [5.74, 6) is 8.04. The van der Waals surface area contributed by atoms with Gasteiger partial charge in [-0.05, 0) is 29.9 Å². The molecular formula is C25H32S. The van der Waals surface area contributed by atoms with Crippen LogP contribution in [0.1, 0.15) is 74.7 Å². The SMILES string of the molecule is CCCCCCCCCCSC(C#Cc1ccccc1)c1ccccc1. The van der Waals surface area contributed by atoms with Crippen molar-refractivity contribution in [1.82, 2.24) is 0 Å². The Kier molecular flexibility index (Phi) is 10.8. The van der Waals surface area contributed by atoms with Crippen molar-refractivity contribution in [3.05, 3.63) is 71.8 Å². The molecule has 2 rings (SSSR count). The molecule has 0 N–H and O–H groups in total. The van der Waals surface area contributed by atoms with Crippen LogP contribution in [0, 0.1) is 11.8 Å². The average Bonchev–Trinajstić information content (AvgIpc) is 2.70. The van der Waals surface area contributed by atoms with Crippen LogP contribution in [0.3, 0.4) is 0 Å². The molecule has 1 heteroatoms. The molecule has 0 amide bonds. The summed E-state index contributed by atoms with van der Waals surface area (Å²) in [5.41, 5.74) is 2.42. The summed E-state index contributed by atoms with van der Waals surface area (Å²) in [7, 11) is 0. The smallest absolute Gasteiger partial charge is 0.0909 e. The van der Waals surface area contributed by atoms with E-state index in [9.17, 15) is 0 Å². The highest BCUT2D eigenvalue weighted by atomic mass is 32.2. The second-order valence-corrected chi connectivity index (χ2v) is 7.98. The van der Waals surface area contributed by atoms with Gasteiger partial charge in [-0.3, -0.25) is 0 Å². The van der Waals surface area contributed by atoms with Gasteiger partial charge < -0.3 is 0 Å². The summed E-state index contributed by atoms with van der Waals surface area (Å²) < 4.78 is 0. The normalized spacial score (nSPS) is 11.6. The van der Waals surface area contributed by atoms with Crippen LogP contribution in [0.5, 0.6) is 0 Å². The summed E-state index contributed by atoms with van der Waals surface area (Å²) >= 11 is 1.99. The Bertz CT molecular complexity index is 636. The van der Waals surface area contributed by atoms with E-state index in [1.54, 1.807) is 0 Å². The second-order valence-electron chi connectivity index (χ2n) is 6.77. The van der Waals surface area contributed by atoms with E-state index in [0.717, 1.165) is 5.56 Å². The number of hydrogen-bond acceptors (Lipinski definition) is 1. The van der Waals surface area contributed by atoms with Gasteiger partial charge in [-0.15, -0.1) is 11.8 Å². The summed E-state index contributed by atoms with van der Waals surface area (Å²) in [6.07, 6.45) is 11.0. The van der Waals surface area contributed by atoms with E-state index in [-0.39, 0.29) is 5.25 Å². The Hall–Kier alpha value is -1.65. The van der Waals surface area contributed by atoms with E-state index in [0.29, 0.717) is 0 Å². The van der Waals surface area contributed by atoms with Gasteiger partial charge in [0.2, 0.25) is 0 Å². The molecule has 0 aliphatic heterocycles. The van der Waals surface area contributed by atoms with Gasteiger partial charge in [0.25, 0.3) is 0 Å². The fourth-order valence-electron chi connectivity index (χ4n) is 2.96. The molecule has 138 valence electrons. The fraction of sp³-hybridized carbons (Fsp3) is 0.440. The Morgan fingerprint density at radius 1 is 0.731 bits per heavy atom. The maximum Gasteiger partial charge on any atom is 0.0909 e. The summed E-state index contributed by atoms with van der Waals surface area (Å²) in [4.78, 5) is 0. The van der Waals surface area contributed by atoms with Gasteiger partial charge >= 0.3 is 0 Å². The molecule has 0 aliphatic rings. The molecular weight excluding hydrogens is 332 g/mol. The van der Waals surface area contributed by atoms with E-state index in [4.69, 9.17) is 0 Å². The van der Waals surface area contributed by atoms with Gasteiger partial charge in [-0.1, -0.05) is 112 Å². The lowest BCUT2D eigenvalue weighted by molar-refractivity contribution is 0.586.